The van der Waals surface area contributed by atoms with E-state index in [1.165, 1.54) is 18.2 Å². The molecule has 0 aromatic heterocycles. The first-order valence-corrected chi connectivity index (χ1v) is 11.9. The van der Waals surface area contributed by atoms with Crippen molar-refractivity contribution >= 4 is 21.8 Å². The molecule has 2 aliphatic heterocycles. The molecule has 0 aliphatic carbocycles. The van der Waals surface area contributed by atoms with Gasteiger partial charge in [0.1, 0.15) is 0 Å². The normalized spacial score (nSPS) is 17.6. The molecule has 4 rings (SSSR count). The van der Waals surface area contributed by atoms with Gasteiger partial charge < -0.3 is 4.90 Å². The highest BCUT2D eigenvalue weighted by atomic mass is 32.2. The Labute approximate surface area is 182 Å². The molecule has 31 heavy (non-hydrogen) atoms. The van der Waals surface area contributed by atoms with Gasteiger partial charge in [0, 0.05) is 39.3 Å². The van der Waals surface area contributed by atoms with E-state index < -0.39 is 21.8 Å². The van der Waals surface area contributed by atoms with Crippen molar-refractivity contribution in [3.05, 3.63) is 64.7 Å². The first-order valence-electron chi connectivity index (χ1n) is 10.4. The van der Waals surface area contributed by atoms with Crippen molar-refractivity contribution in [1.29, 1.82) is 0 Å². The van der Waals surface area contributed by atoms with Crippen LogP contribution in [-0.4, -0.2) is 62.8 Å². The summed E-state index contributed by atoms with van der Waals surface area (Å²) in [5.74, 6) is -1.09. The maximum atomic E-state index is 12.8. The average molecular weight is 443 g/mol. The fourth-order valence-corrected chi connectivity index (χ4v) is 4.99. The molecule has 2 aromatic carbocycles. The van der Waals surface area contributed by atoms with Crippen LogP contribution >= 0.6 is 0 Å². The number of fused-ring (bicyclic) bond motifs is 1. The zero-order valence-electron chi connectivity index (χ0n) is 17.4. The van der Waals surface area contributed by atoms with Gasteiger partial charge in [-0.1, -0.05) is 31.2 Å². The van der Waals surface area contributed by atoms with Crippen molar-refractivity contribution in [2.45, 2.75) is 24.9 Å². The maximum absolute atomic E-state index is 12.8. The maximum Gasteiger partial charge on any atom is 0.258 e. The Morgan fingerprint density at radius 1 is 0.903 bits per heavy atom. The number of imide groups is 1. The van der Waals surface area contributed by atoms with Crippen LogP contribution in [0.25, 0.3) is 0 Å². The van der Waals surface area contributed by atoms with E-state index in [1.807, 2.05) is 24.3 Å². The largest absolute Gasteiger partial charge is 0.301 e. The molecule has 2 aromatic rings. The molecule has 2 aliphatic rings. The van der Waals surface area contributed by atoms with E-state index in [0.29, 0.717) is 0 Å². The molecular formula is C22H26N4O4S. The van der Waals surface area contributed by atoms with E-state index in [-0.39, 0.29) is 22.6 Å². The molecule has 2 amide bonds. The Morgan fingerprint density at radius 3 is 2.26 bits per heavy atom. The van der Waals surface area contributed by atoms with E-state index in [4.69, 9.17) is 0 Å². The van der Waals surface area contributed by atoms with E-state index in [0.717, 1.165) is 50.4 Å². The lowest BCUT2D eigenvalue weighted by atomic mass is 10.1. The third-order valence-electron chi connectivity index (χ3n) is 5.89. The Kier molecular flexibility index (Phi) is 6.19. The third-order valence-corrected chi connectivity index (χ3v) is 7.29. The third kappa shape index (κ3) is 4.69. The number of piperazine rings is 1. The van der Waals surface area contributed by atoms with Gasteiger partial charge in [0.25, 0.3) is 11.8 Å². The Morgan fingerprint density at radius 2 is 1.55 bits per heavy atom. The number of nitrogens with zero attached hydrogens (tertiary/aromatic N) is 2. The number of sulfonamides is 1. The van der Waals surface area contributed by atoms with Crippen LogP contribution < -0.4 is 10.0 Å². The van der Waals surface area contributed by atoms with E-state index in [2.05, 4.69) is 26.8 Å². The molecule has 0 unspecified atom stereocenters. The second kappa shape index (κ2) is 8.88. The van der Waals surface area contributed by atoms with Crippen LogP contribution in [0.2, 0.25) is 0 Å². The van der Waals surface area contributed by atoms with Gasteiger partial charge in [-0.2, -0.15) is 0 Å². The molecule has 9 heteroatoms. The molecule has 0 bridgehead atoms. The van der Waals surface area contributed by atoms with Crippen LogP contribution in [0.1, 0.15) is 38.8 Å². The molecule has 0 radical (unpaired) electrons. The number of benzene rings is 2. The summed E-state index contributed by atoms with van der Waals surface area (Å²) < 4.78 is 28.3. The van der Waals surface area contributed by atoms with Gasteiger partial charge in [-0.25, -0.2) is 13.1 Å². The number of carbonyl (C=O) groups excluding carboxylic acids is 2. The van der Waals surface area contributed by atoms with Gasteiger partial charge in [-0.15, -0.1) is 0 Å². The van der Waals surface area contributed by atoms with Gasteiger partial charge in [0.05, 0.1) is 16.0 Å². The van der Waals surface area contributed by atoms with Crippen molar-refractivity contribution in [3.63, 3.8) is 0 Å². The minimum absolute atomic E-state index is 0.0377. The van der Waals surface area contributed by atoms with Crippen molar-refractivity contribution in [2.24, 2.45) is 0 Å². The Balaban J connectivity index is 1.45. The van der Waals surface area contributed by atoms with Crippen LogP contribution in [0.15, 0.2) is 47.4 Å². The monoisotopic (exact) mass is 442 g/mol. The zero-order chi connectivity index (χ0) is 22.0. The van der Waals surface area contributed by atoms with Crippen LogP contribution in [0.3, 0.4) is 0 Å². The van der Waals surface area contributed by atoms with Crippen LogP contribution in [0, 0.1) is 0 Å². The van der Waals surface area contributed by atoms with Gasteiger partial charge in [-0.05, 0) is 35.9 Å². The van der Waals surface area contributed by atoms with E-state index >= 15 is 0 Å². The number of amides is 2. The van der Waals surface area contributed by atoms with E-state index in [9.17, 15) is 18.0 Å². The highest BCUT2D eigenvalue weighted by molar-refractivity contribution is 7.89. The van der Waals surface area contributed by atoms with Crippen molar-refractivity contribution in [1.82, 2.24) is 19.8 Å². The van der Waals surface area contributed by atoms with Crippen LogP contribution in [0.4, 0.5) is 0 Å². The minimum atomic E-state index is -3.84. The molecular weight excluding hydrogens is 416 g/mol. The number of carbonyl (C=O) groups is 2. The van der Waals surface area contributed by atoms with Crippen LogP contribution in [-0.2, 0) is 23.1 Å². The first-order chi connectivity index (χ1) is 14.9. The standard InChI is InChI=1S/C22H26N4O4S/c1-2-25-9-11-26(12-10-25)15-17-6-4-3-5-16(17)14-23-31(29,30)18-7-8-19-20(13-18)22(28)24-21(19)27/h3-8,13,23H,2,9-12,14-15H2,1H3,(H,24,27,28). The summed E-state index contributed by atoms with van der Waals surface area (Å²) in [5.41, 5.74) is 2.28. The lowest BCUT2D eigenvalue weighted by Crippen LogP contribution is -2.45. The molecule has 164 valence electrons. The molecule has 2 heterocycles. The number of likely N-dealkylation sites (N-methyl/N-ethyl adjacent to an activating group) is 1. The fourth-order valence-electron chi connectivity index (χ4n) is 3.96. The summed E-state index contributed by atoms with van der Waals surface area (Å²) in [7, 11) is -3.84. The smallest absolute Gasteiger partial charge is 0.258 e. The summed E-state index contributed by atoms with van der Waals surface area (Å²) in [6.45, 7) is 8.21. The predicted molar refractivity (Wildman–Crippen MR) is 116 cm³/mol. The molecule has 0 spiro atoms. The van der Waals surface area contributed by atoms with Gasteiger partial charge in [-0.3, -0.25) is 19.8 Å². The summed E-state index contributed by atoms with van der Waals surface area (Å²) in [6.07, 6.45) is 0. The van der Waals surface area contributed by atoms with E-state index in [1.54, 1.807) is 0 Å². The van der Waals surface area contributed by atoms with Crippen molar-refractivity contribution in [3.8, 4) is 0 Å². The topological polar surface area (TPSA) is 98.8 Å². The first kappa shape index (κ1) is 21.6. The summed E-state index contributed by atoms with van der Waals surface area (Å²) >= 11 is 0. The molecule has 8 nitrogen and oxygen atoms in total. The quantitative estimate of drug-likeness (QED) is 0.625. The number of rotatable bonds is 7. The summed E-state index contributed by atoms with van der Waals surface area (Å²) in [5, 5.41) is 2.17. The van der Waals surface area contributed by atoms with Crippen molar-refractivity contribution in [2.75, 3.05) is 32.7 Å². The number of nitrogens with one attached hydrogen (secondary N) is 2. The lowest BCUT2D eigenvalue weighted by Gasteiger charge is -2.34. The average Bonchev–Trinajstić information content (AvgIpc) is 3.07. The van der Waals surface area contributed by atoms with Gasteiger partial charge in [0.15, 0.2) is 0 Å². The fraction of sp³-hybridized carbons (Fsp3) is 0.364. The van der Waals surface area contributed by atoms with Crippen molar-refractivity contribution < 1.29 is 18.0 Å². The minimum Gasteiger partial charge on any atom is -0.301 e. The second-order valence-electron chi connectivity index (χ2n) is 7.79. The lowest BCUT2D eigenvalue weighted by molar-refractivity contribution is 0.0879. The molecule has 0 saturated carbocycles. The van der Waals surface area contributed by atoms with Gasteiger partial charge >= 0.3 is 0 Å². The Hall–Kier alpha value is -2.59. The SMILES string of the molecule is CCN1CCN(Cc2ccccc2CNS(=O)(=O)c2ccc3c(c2)C(=O)NC3=O)CC1. The predicted octanol–water partition coefficient (Wildman–Crippen LogP) is 1.19. The Bertz CT molecular complexity index is 1110. The summed E-state index contributed by atoms with van der Waals surface area (Å²) in [6, 6.07) is 11.8. The second-order valence-corrected chi connectivity index (χ2v) is 9.56. The molecule has 2 N–H and O–H groups in total. The summed E-state index contributed by atoms with van der Waals surface area (Å²) in [4.78, 5) is 28.3. The highest BCUT2D eigenvalue weighted by Crippen LogP contribution is 2.21. The number of hydrogen-bond acceptors (Lipinski definition) is 6. The molecule has 0 atom stereocenters. The zero-order valence-corrected chi connectivity index (χ0v) is 18.2. The van der Waals surface area contributed by atoms with Gasteiger partial charge in [0.2, 0.25) is 10.0 Å². The number of hydrogen-bond donors (Lipinski definition) is 2. The van der Waals surface area contributed by atoms with Crippen LogP contribution in [0.5, 0.6) is 0 Å². The highest BCUT2D eigenvalue weighted by Gasteiger charge is 2.28. The molecule has 1 saturated heterocycles. The molecule has 1 fully saturated rings.